The van der Waals surface area contributed by atoms with E-state index in [1.54, 1.807) is 24.5 Å². The predicted octanol–water partition coefficient (Wildman–Crippen LogP) is 3.86. The first kappa shape index (κ1) is 22.3. The van der Waals surface area contributed by atoms with Crippen LogP contribution in [0.15, 0.2) is 57.7 Å². The topological polar surface area (TPSA) is 87.6 Å². The van der Waals surface area contributed by atoms with Crippen molar-refractivity contribution in [2.45, 2.75) is 26.9 Å². The first-order valence-corrected chi connectivity index (χ1v) is 11.7. The van der Waals surface area contributed by atoms with E-state index in [-0.39, 0.29) is 5.91 Å². The van der Waals surface area contributed by atoms with Crippen LogP contribution in [0.1, 0.15) is 34.1 Å². The molecule has 0 spiro atoms. The van der Waals surface area contributed by atoms with Gasteiger partial charge in [-0.05, 0) is 42.8 Å². The van der Waals surface area contributed by atoms with Crippen LogP contribution in [0.4, 0.5) is 0 Å². The molecule has 1 amide bonds. The molecule has 176 valence electrons. The van der Waals surface area contributed by atoms with E-state index in [4.69, 9.17) is 8.94 Å². The summed E-state index contributed by atoms with van der Waals surface area (Å²) in [5, 5.41) is 7.73. The molecule has 3 aromatic heterocycles. The van der Waals surface area contributed by atoms with Gasteiger partial charge in [-0.25, -0.2) is 4.98 Å². The maximum Gasteiger partial charge on any atom is 0.259 e. The number of aryl methyl sites for hydroxylation is 1. The van der Waals surface area contributed by atoms with E-state index < -0.39 is 0 Å². The molecule has 1 fully saturated rings. The smallest absolute Gasteiger partial charge is 0.259 e. The Hall–Kier alpha value is -3.49. The Morgan fingerprint density at radius 2 is 1.82 bits per heavy atom. The Balaban J connectivity index is 1.34. The molecule has 0 atom stereocenters. The summed E-state index contributed by atoms with van der Waals surface area (Å²) in [6.45, 7) is 10.8. The van der Waals surface area contributed by atoms with E-state index in [1.807, 2.05) is 13.0 Å². The number of aromatic nitrogens is 2. The number of pyridine rings is 1. The third-order valence-electron chi connectivity index (χ3n) is 6.50. The summed E-state index contributed by atoms with van der Waals surface area (Å²) in [6.07, 6.45) is 1.58. The van der Waals surface area contributed by atoms with E-state index in [0.29, 0.717) is 40.4 Å². The van der Waals surface area contributed by atoms with Crippen molar-refractivity contribution in [2.75, 3.05) is 32.7 Å². The lowest BCUT2D eigenvalue weighted by Gasteiger charge is -2.34. The van der Waals surface area contributed by atoms with E-state index in [0.717, 1.165) is 44.8 Å². The number of furan rings is 1. The fourth-order valence-electron chi connectivity index (χ4n) is 4.48. The third kappa shape index (κ3) is 4.60. The summed E-state index contributed by atoms with van der Waals surface area (Å²) in [7, 11) is 0. The molecule has 0 unspecified atom stereocenters. The van der Waals surface area contributed by atoms with Crippen LogP contribution in [0, 0.1) is 6.92 Å². The molecule has 0 radical (unpaired) electrons. The second-order valence-corrected chi connectivity index (χ2v) is 8.64. The van der Waals surface area contributed by atoms with Crippen molar-refractivity contribution in [3.8, 4) is 11.5 Å². The highest BCUT2D eigenvalue weighted by atomic mass is 16.5. The first-order valence-electron chi connectivity index (χ1n) is 11.7. The van der Waals surface area contributed by atoms with Gasteiger partial charge in [0.15, 0.2) is 5.76 Å². The molecule has 8 nitrogen and oxygen atoms in total. The van der Waals surface area contributed by atoms with Crippen molar-refractivity contribution in [2.24, 2.45) is 0 Å². The second-order valence-electron chi connectivity index (χ2n) is 8.64. The predicted molar refractivity (Wildman–Crippen MR) is 129 cm³/mol. The highest BCUT2D eigenvalue weighted by Gasteiger charge is 2.21. The molecule has 0 saturated carbocycles. The van der Waals surface area contributed by atoms with Crippen molar-refractivity contribution >= 4 is 17.0 Å². The van der Waals surface area contributed by atoms with Crippen LogP contribution < -0.4 is 5.32 Å². The average molecular weight is 460 g/mol. The highest BCUT2D eigenvalue weighted by Crippen LogP contribution is 2.27. The molecule has 0 bridgehead atoms. The second kappa shape index (κ2) is 9.79. The monoisotopic (exact) mass is 459 g/mol. The van der Waals surface area contributed by atoms with Gasteiger partial charge in [-0.3, -0.25) is 9.69 Å². The van der Waals surface area contributed by atoms with E-state index in [2.05, 4.69) is 50.4 Å². The quantitative estimate of drug-likeness (QED) is 0.449. The zero-order valence-corrected chi connectivity index (χ0v) is 19.6. The van der Waals surface area contributed by atoms with Gasteiger partial charge in [-0.1, -0.05) is 36.3 Å². The number of benzene rings is 1. The summed E-state index contributed by atoms with van der Waals surface area (Å²) >= 11 is 0. The van der Waals surface area contributed by atoms with Gasteiger partial charge in [-0.15, -0.1) is 0 Å². The maximum atomic E-state index is 13.3. The Morgan fingerprint density at radius 1 is 1.06 bits per heavy atom. The third-order valence-corrected chi connectivity index (χ3v) is 6.50. The molecule has 8 heteroatoms. The van der Waals surface area contributed by atoms with E-state index >= 15 is 0 Å². The number of hydrogen-bond donors (Lipinski definition) is 1. The van der Waals surface area contributed by atoms with Crippen LogP contribution in [0.5, 0.6) is 0 Å². The largest absolute Gasteiger partial charge is 0.463 e. The number of hydrogen-bond acceptors (Lipinski definition) is 7. The van der Waals surface area contributed by atoms with Crippen LogP contribution in [-0.2, 0) is 13.1 Å². The molecule has 1 aliphatic heterocycles. The number of carbonyl (C=O) groups is 1. The van der Waals surface area contributed by atoms with Gasteiger partial charge in [0.25, 0.3) is 11.6 Å². The van der Waals surface area contributed by atoms with Crippen molar-refractivity contribution < 1.29 is 13.7 Å². The minimum Gasteiger partial charge on any atom is -0.463 e. The molecule has 1 saturated heterocycles. The first-order chi connectivity index (χ1) is 16.6. The molecule has 1 N–H and O–H groups in total. The molecule has 1 aliphatic rings. The minimum absolute atomic E-state index is 0.196. The Kier molecular flexibility index (Phi) is 6.42. The van der Waals surface area contributed by atoms with Gasteiger partial charge in [0.05, 0.1) is 22.9 Å². The van der Waals surface area contributed by atoms with E-state index in [1.165, 1.54) is 5.56 Å². The zero-order valence-electron chi connectivity index (χ0n) is 19.6. The van der Waals surface area contributed by atoms with Gasteiger partial charge < -0.3 is 19.2 Å². The molecule has 1 aromatic carbocycles. The number of carbonyl (C=O) groups excluding carboxylic acids is 1. The van der Waals surface area contributed by atoms with Gasteiger partial charge in [0.2, 0.25) is 0 Å². The molecular weight excluding hydrogens is 430 g/mol. The summed E-state index contributed by atoms with van der Waals surface area (Å²) in [4.78, 5) is 22.8. The normalized spacial score (nSPS) is 15.1. The minimum atomic E-state index is -0.196. The average Bonchev–Trinajstić information content (AvgIpc) is 3.54. The lowest BCUT2D eigenvalue weighted by Crippen LogP contribution is -2.45. The summed E-state index contributed by atoms with van der Waals surface area (Å²) in [5.74, 6) is 0.372. The van der Waals surface area contributed by atoms with Gasteiger partial charge in [0, 0.05) is 39.3 Å². The lowest BCUT2D eigenvalue weighted by atomic mass is 10.1. The molecule has 0 aliphatic carbocycles. The number of nitrogens with zero attached hydrogens (tertiary/aromatic N) is 4. The number of fused-ring (bicyclic) bond motifs is 1. The van der Waals surface area contributed by atoms with Crippen molar-refractivity contribution in [1.82, 2.24) is 25.3 Å². The summed E-state index contributed by atoms with van der Waals surface area (Å²) < 4.78 is 10.8. The van der Waals surface area contributed by atoms with Gasteiger partial charge in [0.1, 0.15) is 5.69 Å². The van der Waals surface area contributed by atoms with Crippen LogP contribution in [0.2, 0.25) is 0 Å². The zero-order chi connectivity index (χ0) is 23.5. The molecule has 5 rings (SSSR count). The number of amides is 1. The van der Waals surface area contributed by atoms with Crippen LogP contribution >= 0.6 is 0 Å². The van der Waals surface area contributed by atoms with Gasteiger partial charge in [-0.2, -0.15) is 0 Å². The number of nitrogens with one attached hydrogen (secondary N) is 1. The van der Waals surface area contributed by atoms with Crippen LogP contribution in [-0.4, -0.2) is 58.6 Å². The maximum absolute atomic E-state index is 13.3. The summed E-state index contributed by atoms with van der Waals surface area (Å²) in [6, 6.07) is 13.6. The SMILES string of the molecule is CCN1CCN(Cc2ccccc2CNC(=O)c2cc(-c3ccco3)nc3onc(C)c23)CC1. The standard InChI is InChI=1S/C26H29N5O3/c1-3-30-10-12-31(13-11-30)17-20-8-5-4-7-19(20)16-27-25(32)21-15-22(23-9-6-14-33-23)28-26-24(21)18(2)29-34-26/h4-9,14-15H,3,10-13,16-17H2,1-2H3,(H,27,32). The van der Waals surface area contributed by atoms with Crippen molar-refractivity contribution in [3.05, 3.63) is 71.1 Å². The highest BCUT2D eigenvalue weighted by molar-refractivity contribution is 6.06. The Labute approximate surface area is 198 Å². The molecule has 4 aromatic rings. The fraction of sp³-hybridized carbons (Fsp3) is 0.346. The molecular formula is C26H29N5O3. The van der Waals surface area contributed by atoms with Crippen molar-refractivity contribution in [1.29, 1.82) is 0 Å². The van der Waals surface area contributed by atoms with Gasteiger partial charge >= 0.3 is 0 Å². The Morgan fingerprint density at radius 3 is 2.56 bits per heavy atom. The Bertz CT molecular complexity index is 1270. The molecule has 4 heterocycles. The summed E-state index contributed by atoms with van der Waals surface area (Å²) in [5.41, 5.74) is 4.32. The number of rotatable bonds is 7. The van der Waals surface area contributed by atoms with Crippen molar-refractivity contribution in [3.63, 3.8) is 0 Å². The van der Waals surface area contributed by atoms with Crippen LogP contribution in [0.25, 0.3) is 22.6 Å². The lowest BCUT2D eigenvalue weighted by molar-refractivity contribution is 0.0952. The van der Waals surface area contributed by atoms with E-state index in [9.17, 15) is 4.79 Å². The number of likely N-dealkylation sites (N-methyl/N-ethyl adjacent to an activating group) is 1. The number of piperazine rings is 1. The fourth-order valence-corrected chi connectivity index (χ4v) is 4.48. The van der Waals surface area contributed by atoms with Crippen LogP contribution in [0.3, 0.4) is 0 Å². The molecule has 34 heavy (non-hydrogen) atoms.